The molecule has 106 valence electrons. The van der Waals surface area contributed by atoms with Crippen LogP contribution in [0.4, 0.5) is 5.69 Å². The molecule has 0 aliphatic carbocycles. The molecule has 1 heterocycles. The fourth-order valence-corrected chi connectivity index (χ4v) is 3.20. The third-order valence-electron chi connectivity index (χ3n) is 2.63. The van der Waals surface area contributed by atoms with Crippen molar-refractivity contribution in [1.29, 1.82) is 0 Å². The second-order valence-electron chi connectivity index (χ2n) is 4.12. The fourth-order valence-electron chi connectivity index (χ4n) is 1.60. The molecule has 0 saturated carbocycles. The first-order valence-corrected chi connectivity index (χ1v) is 7.78. The number of sulfonamides is 1. The van der Waals surface area contributed by atoms with Gasteiger partial charge in [-0.3, -0.25) is 4.72 Å². The van der Waals surface area contributed by atoms with E-state index in [1.807, 2.05) is 0 Å². The Balaban J connectivity index is 2.33. The van der Waals surface area contributed by atoms with Crippen LogP contribution >= 0.6 is 15.9 Å². The van der Waals surface area contributed by atoms with Crippen molar-refractivity contribution in [2.24, 2.45) is 0 Å². The van der Waals surface area contributed by atoms with Gasteiger partial charge in [-0.15, -0.1) is 0 Å². The van der Waals surface area contributed by atoms with Gasteiger partial charge in [0, 0.05) is 10.7 Å². The van der Waals surface area contributed by atoms with E-state index in [-0.39, 0.29) is 10.6 Å². The van der Waals surface area contributed by atoms with E-state index in [1.165, 1.54) is 0 Å². The molecule has 2 rings (SSSR count). The number of hydrogen-bond acceptors (Lipinski definition) is 3. The summed E-state index contributed by atoms with van der Waals surface area (Å²) in [5.74, 6) is -1.22. The predicted molar refractivity (Wildman–Crippen MR) is 77.4 cm³/mol. The van der Waals surface area contributed by atoms with Gasteiger partial charge in [0.15, 0.2) is 0 Å². The van der Waals surface area contributed by atoms with Crippen molar-refractivity contribution in [2.45, 2.75) is 11.8 Å². The van der Waals surface area contributed by atoms with Gasteiger partial charge in [0.05, 0.1) is 5.69 Å². The van der Waals surface area contributed by atoms with Crippen LogP contribution in [0.5, 0.6) is 0 Å². The lowest BCUT2D eigenvalue weighted by Crippen LogP contribution is -2.13. The van der Waals surface area contributed by atoms with Gasteiger partial charge in [0.25, 0.3) is 10.0 Å². The highest BCUT2D eigenvalue weighted by Gasteiger charge is 2.19. The van der Waals surface area contributed by atoms with Crippen molar-refractivity contribution in [3.8, 4) is 0 Å². The van der Waals surface area contributed by atoms with E-state index in [0.29, 0.717) is 5.69 Å². The number of benzene rings is 1. The van der Waals surface area contributed by atoms with Gasteiger partial charge >= 0.3 is 5.97 Å². The summed E-state index contributed by atoms with van der Waals surface area (Å²) in [6, 6.07) is 6.18. The fraction of sp³-hybridized carbons (Fsp3) is 0.0833. The molecule has 8 heteroatoms. The van der Waals surface area contributed by atoms with Crippen LogP contribution in [0.25, 0.3) is 0 Å². The molecule has 0 spiro atoms. The van der Waals surface area contributed by atoms with E-state index in [2.05, 4.69) is 25.6 Å². The Kier molecular flexibility index (Phi) is 3.87. The number of carboxylic acids is 1. The van der Waals surface area contributed by atoms with Gasteiger partial charge in [-0.1, -0.05) is 15.9 Å². The molecule has 0 aliphatic heterocycles. The summed E-state index contributed by atoms with van der Waals surface area (Å²) in [7, 11) is -3.82. The second-order valence-corrected chi connectivity index (χ2v) is 6.72. The van der Waals surface area contributed by atoms with Gasteiger partial charge in [-0.25, -0.2) is 13.2 Å². The second kappa shape index (κ2) is 5.29. The molecule has 0 atom stereocenters. The Morgan fingerprint density at radius 2 is 2.05 bits per heavy atom. The van der Waals surface area contributed by atoms with Crippen LogP contribution in [0.15, 0.2) is 39.8 Å². The molecule has 0 saturated heterocycles. The molecule has 3 N–H and O–H groups in total. The highest BCUT2D eigenvalue weighted by molar-refractivity contribution is 9.10. The standard InChI is InChI=1S/C12H11BrN2O4S/c1-7-4-8(13)2-3-10(7)15-20(18,19)9-5-11(12(16)17)14-6-9/h2-6,14-15H,1H3,(H,16,17). The maximum absolute atomic E-state index is 12.1. The summed E-state index contributed by atoms with van der Waals surface area (Å²) in [5, 5.41) is 8.78. The lowest BCUT2D eigenvalue weighted by molar-refractivity contribution is 0.0691. The van der Waals surface area contributed by atoms with Crippen LogP contribution in [-0.4, -0.2) is 24.5 Å². The van der Waals surface area contributed by atoms with E-state index in [9.17, 15) is 13.2 Å². The average Bonchev–Trinajstić information content (AvgIpc) is 2.83. The Morgan fingerprint density at radius 1 is 1.35 bits per heavy atom. The summed E-state index contributed by atoms with van der Waals surface area (Å²) in [4.78, 5) is 13.0. The first kappa shape index (κ1) is 14.6. The molecule has 0 bridgehead atoms. The van der Waals surface area contributed by atoms with Crippen molar-refractivity contribution in [3.63, 3.8) is 0 Å². The summed E-state index contributed by atoms with van der Waals surface area (Å²) in [5.41, 5.74) is 1.00. The number of halogens is 1. The number of carboxylic acid groups (broad SMARTS) is 1. The average molecular weight is 359 g/mol. The van der Waals surface area contributed by atoms with E-state index < -0.39 is 16.0 Å². The number of anilines is 1. The van der Waals surface area contributed by atoms with Gasteiger partial charge in [-0.05, 0) is 36.8 Å². The smallest absolute Gasteiger partial charge is 0.352 e. The predicted octanol–water partition coefficient (Wildman–Crippen LogP) is 2.58. The number of aryl methyl sites for hydroxylation is 1. The SMILES string of the molecule is Cc1cc(Br)ccc1NS(=O)(=O)c1c[nH]c(C(=O)O)c1. The highest BCUT2D eigenvalue weighted by atomic mass is 79.9. The number of carbonyl (C=O) groups is 1. The maximum Gasteiger partial charge on any atom is 0.352 e. The zero-order valence-electron chi connectivity index (χ0n) is 10.3. The Labute approximate surface area is 124 Å². The molecule has 0 aliphatic rings. The van der Waals surface area contributed by atoms with Crippen molar-refractivity contribution >= 4 is 37.6 Å². The molecule has 1 aromatic heterocycles. The van der Waals surface area contributed by atoms with E-state index >= 15 is 0 Å². The minimum atomic E-state index is -3.82. The Bertz CT molecular complexity index is 768. The normalized spacial score (nSPS) is 11.3. The molecule has 1 aromatic carbocycles. The van der Waals surface area contributed by atoms with Crippen molar-refractivity contribution in [2.75, 3.05) is 4.72 Å². The van der Waals surface area contributed by atoms with Gasteiger partial charge < -0.3 is 10.1 Å². The van der Waals surface area contributed by atoms with E-state index in [1.54, 1.807) is 25.1 Å². The highest BCUT2D eigenvalue weighted by Crippen LogP contribution is 2.23. The van der Waals surface area contributed by atoms with Gasteiger partial charge in [0.2, 0.25) is 0 Å². The minimum absolute atomic E-state index is 0.128. The van der Waals surface area contributed by atoms with Gasteiger partial charge in [0.1, 0.15) is 10.6 Å². The van der Waals surface area contributed by atoms with Crippen molar-refractivity contribution in [1.82, 2.24) is 4.98 Å². The van der Waals surface area contributed by atoms with Crippen LogP contribution < -0.4 is 4.72 Å². The first-order valence-electron chi connectivity index (χ1n) is 5.50. The number of hydrogen-bond donors (Lipinski definition) is 3. The molecule has 0 radical (unpaired) electrons. The molecule has 0 amide bonds. The number of nitrogens with one attached hydrogen (secondary N) is 2. The van der Waals surface area contributed by atoms with E-state index in [0.717, 1.165) is 22.3 Å². The zero-order valence-corrected chi connectivity index (χ0v) is 12.7. The van der Waals surface area contributed by atoms with Crippen LogP contribution in [0.3, 0.4) is 0 Å². The third-order valence-corrected chi connectivity index (χ3v) is 4.47. The summed E-state index contributed by atoms with van der Waals surface area (Å²) in [6.45, 7) is 1.77. The molecule has 0 unspecified atom stereocenters. The number of aromatic carboxylic acids is 1. The molecule has 20 heavy (non-hydrogen) atoms. The molecular weight excluding hydrogens is 348 g/mol. The molecule has 2 aromatic rings. The van der Waals surface area contributed by atoms with Crippen molar-refractivity contribution in [3.05, 3.63) is 46.2 Å². The minimum Gasteiger partial charge on any atom is -0.477 e. The molecule has 6 nitrogen and oxygen atoms in total. The number of H-pyrrole nitrogens is 1. The lowest BCUT2D eigenvalue weighted by atomic mass is 10.2. The van der Waals surface area contributed by atoms with Crippen LogP contribution in [0.2, 0.25) is 0 Å². The Morgan fingerprint density at radius 3 is 2.60 bits per heavy atom. The van der Waals surface area contributed by atoms with Crippen LogP contribution in [-0.2, 0) is 10.0 Å². The lowest BCUT2D eigenvalue weighted by Gasteiger charge is -2.09. The number of aromatic amines is 1. The summed E-state index contributed by atoms with van der Waals surface area (Å²) < 4.78 is 27.5. The largest absolute Gasteiger partial charge is 0.477 e. The number of aromatic nitrogens is 1. The molecule has 0 fully saturated rings. The summed E-state index contributed by atoms with van der Waals surface area (Å²) in [6.07, 6.45) is 1.14. The van der Waals surface area contributed by atoms with Crippen LogP contribution in [0.1, 0.15) is 16.1 Å². The van der Waals surface area contributed by atoms with Crippen LogP contribution in [0, 0.1) is 6.92 Å². The third kappa shape index (κ3) is 3.02. The topological polar surface area (TPSA) is 99.3 Å². The van der Waals surface area contributed by atoms with Gasteiger partial charge in [-0.2, -0.15) is 0 Å². The first-order chi connectivity index (χ1) is 9.29. The van der Waals surface area contributed by atoms with E-state index in [4.69, 9.17) is 5.11 Å². The monoisotopic (exact) mass is 358 g/mol. The molecular formula is C12H11BrN2O4S. The number of rotatable bonds is 4. The van der Waals surface area contributed by atoms with Crippen molar-refractivity contribution < 1.29 is 18.3 Å². The maximum atomic E-state index is 12.1. The summed E-state index contributed by atoms with van der Waals surface area (Å²) >= 11 is 3.29. The Hall–Kier alpha value is -1.80. The zero-order chi connectivity index (χ0) is 14.9. The quantitative estimate of drug-likeness (QED) is 0.781.